The van der Waals surface area contributed by atoms with Crippen LogP contribution in [0.25, 0.3) is 6.08 Å². The van der Waals surface area contributed by atoms with Gasteiger partial charge in [-0.2, -0.15) is 0 Å². The van der Waals surface area contributed by atoms with Crippen LogP contribution in [0.15, 0.2) is 54.1 Å². The lowest BCUT2D eigenvalue weighted by Crippen LogP contribution is -2.63. The van der Waals surface area contributed by atoms with Gasteiger partial charge in [-0.05, 0) is 49.2 Å². The molecular weight excluding hydrogens is 558 g/mol. The fourth-order valence-electron chi connectivity index (χ4n) is 7.42. The number of ether oxygens (including phenoxy) is 3. The molecule has 3 fully saturated rings. The maximum atomic E-state index is 12.7. The summed E-state index contributed by atoms with van der Waals surface area (Å²) in [5, 5.41) is 51.3. The van der Waals surface area contributed by atoms with Crippen LogP contribution in [-0.2, 0) is 19.0 Å². The summed E-state index contributed by atoms with van der Waals surface area (Å²) in [4.78, 5) is 20.5. The van der Waals surface area contributed by atoms with E-state index < -0.39 is 54.8 Å². The minimum Gasteiger partial charge on any atom is -0.423 e. The molecule has 12 nitrogen and oxygen atoms in total. The van der Waals surface area contributed by atoms with Gasteiger partial charge in [-0.15, -0.1) is 0 Å². The number of rotatable bonds is 7. The smallest absolute Gasteiger partial charge is 0.343 e. The highest BCUT2D eigenvalue weighted by Crippen LogP contribution is 2.62. The van der Waals surface area contributed by atoms with E-state index in [1.807, 2.05) is 13.0 Å². The van der Waals surface area contributed by atoms with Gasteiger partial charge in [0.15, 0.2) is 6.29 Å². The number of cyclic esters (lactones) is 1. The number of allylic oxidation sites excluding steroid dienone is 3. The van der Waals surface area contributed by atoms with Crippen molar-refractivity contribution in [3.05, 3.63) is 59.7 Å². The number of nitrogen functional groups attached to an aromatic ring is 1. The maximum Gasteiger partial charge on any atom is 0.343 e. The summed E-state index contributed by atoms with van der Waals surface area (Å²) < 4.78 is 17.3. The molecule has 0 radical (unpaired) electrons. The molecule has 12 heteroatoms. The number of aromatic nitrogens is 2. The van der Waals surface area contributed by atoms with Crippen LogP contribution >= 0.6 is 0 Å². The van der Waals surface area contributed by atoms with Crippen LogP contribution in [0.4, 0.5) is 5.95 Å². The normalized spacial score (nSPS) is 40.9. The summed E-state index contributed by atoms with van der Waals surface area (Å²) in [6, 6.07) is 0. The van der Waals surface area contributed by atoms with Gasteiger partial charge in [-0.3, -0.25) is 0 Å². The number of hydrogen-bond acceptors (Lipinski definition) is 12. The van der Waals surface area contributed by atoms with Crippen LogP contribution in [0, 0.1) is 22.7 Å². The summed E-state index contributed by atoms with van der Waals surface area (Å²) in [5.74, 6) is -0.0880. The average molecular weight is 600 g/mol. The van der Waals surface area contributed by atoms with Crippen molar-refractivity contribution in [2.75, 3.05) is 18.9 Å². The number of carbonyl (C=O) groups is 1. The number of nitrogens with zero attached hydrogens (tertiary/aromatic N) is 2. The van der Waals surface area contributed by atoms with Gasteiger partial charge in [0.2, 0.25) is 5.95 Å². The summed E-state index contributed by atoms with van der Waals surface area (Å²) in [7, 11) is 0. The number of fused-ring (bicyclic) bond motifs is 1. The second-order valence-electron chi connectivity index (χ2n) is 12.5. The predicted molar refractivity (Wildman–Crippen MR) is 154 cm³/mol. The highest BCUT2D eigenvalue weighted by Gasteiger charge is 2.59. The molecule has 0 bridgehead atoms. The summed E-state index contributed by atoms with van der Waals surface area (Å²) in [6.07, 6.45) is 5.33. The Bertz CT molecular complexity index is 1310. The third-order valence-electron chi connectivity index (χ3n) is 9.88. The van der Waals surface area contributed by atoms with Crippen LogP contribution in [0.3, 0.4) is 0 Å². The molecule has 1 aromatic rings. The average Bonchev–Trinajstić information content (AvgIpc) is 3.33. The molecule has 3 heterocycles. The molecule has 7 unspecified atom stereocenters. The van der Waals surface area contributed by atoms with Gasteiger partial charge in [0.25, 0.3) is 0 Å². The van der Waals surface area contributed by atoms with E-state index in [1.54, 1.807) is 18.2 Å². The summed E-state index contributed by atoms with van der Waals surface area (Å²) >= 11 is 0. The molecule has 2 aliphatic heterocycles. The molecule has 2 saturated carbocycles. The molecule has 2 aliphatic carbocycles. The van der Waals surface area contributed by atoms with Crippen LogP contribution < -0.4 is 5.73 Å². The SMILES string of the molecule is C=C1CCC2[C@](C)(CC[C@@H](OC3OC(CO)C(O)C(O)C3O)[C@@]2(C)CO)C1/C=C/C1=CC(=C\c2cnc(N)nc2)/OC1=O. The third-order valence-corrected chi connectivity index (χ3v) is 9.88. The molecule has 43 heavy (non-hydrogen) atoms. The van der Waals surface area contributed by atoms with E-state index in [-0.39, 0.29) is 29.8 Å². The molecule has 0 spiro atoms. The topological polar surface area (TPSA) is 198 Å². The Morgan fingerprint density at radius 1 is 1.14 bits per heavy atom. The number of nitrogens with two attached hydrogens (primary N) is 1. The highest BCUT2D eigenvalue weighted by molar-refractivity contribution is 5.96. The van der Waals surface area contributed by atoms with Crippen LogP contribution in [0.2, 0.25) is 0 Å². The van der Waals surface area contributed by atoms with Crippen LogP contribution in [0.5, 0.6) is 0 Å². The fraction of sp³-hybridized carbons (Fsp3) is 0.581. The van der Waals surface area contributed by atoms with Crippen LogP contribution in [0.1, 0.15) is 45.1 Å². The van der Waals surface area contributed by atoms with E-state index in [9.17, 15) is 30.3 Å². The quantitative estimate of drug-likeness (QED) is 0.148. The van der Waals surface area contributed by atoms with Crippen molar-refractivity contribution in [2.45, 2.75) is 76.3 Å². The van der Waals surface area contributed by atoms with Crippen LogP contribution in [-0.4, -0.2) is 91.5 Å². The van der Waals surface area contributed by atoms with Crippen molar-refractivity contribution in [3.63, 3.8) is 0 Å². The Labute approximate surface area is 250 Å². The van der Waals surface area contributed by atoms with E-state index in [4.69, 9.17) is 19.9 Å². The first-order chi connectivity index (χ1) is 20.4. The van der Waals surface area contributed by atoms with Gasteiger partial charge >= 0.3 is 5.97 Å². The molecular formula is C31H41N3O9. The zero-order valence-corrected chi connectivity index (χ0v) is 24.4. The van der Waals surface area contributed by atoms with E-state index in [0.717, 1.165) is 12.0 Å². The van der Waals surface area contributed by atoms with Gasteiger partial charge in [0.05, 0.1) is 24.9 Å². The third kappa shape index (κ3) is 5.80. The molecule has 1 saturated heterocycles. The fourth-order valence-corrected chi connectivity index (χ4v) is 7.42. The van der Waals surface area contributed by atoms with E-state index in [2.05, 4.69) is 23.5 Å². The molecule has 234 valence electrons. The summed E-state index contributed by atoms with van der Waals surface area (Å²) in [6.45, 7) is 7.73. The standard InChI is InChI=1S/C31H41N3O9/c1-16-4-7-22-30(2,20(16)6-5-18-11-19(41-27(18)40)10-17-12-33-29(32)34-13-17)9-8-23(31(22,3)15-36)43-28-26(39)25(38)24(37)21(14-35)42-28/h5-6,10-13,20-26,28,35-39H,1,4,7-9,14-15H2,2-3H3,(H2,32,33,34)/b6-5+,19-10+/t20?,21?,22?,23-,24?,25?,26?,28?,30-,31+/m1/s1. The molecule has 10 atom stereocenters. The monoisotopic (exact) mass is 599 g/mol. The number of esters is 1. The van der Waals surface area contributed by atoms with Crippen molar-refractivity contribution >= 4 is 18.0 Å². The van der Waals surface area contributed by atoms with Gasteiger partial charge in [-0.1, -0.05) is 38.2 Å². The van der Waals surface area contributed by atoms with E-state index >= 15 is 0 Å². The van der Waals surface area contributed by atoms with Crippen molar-refractivity contribution in [2.24, 2.45) is 22.7 Å². The number of anilines is 1. The Hall–Kier alpha value is -2.97. The highest BCUT2D eigenvalue weighted by atomic mass is 16.7. The van der Waals surface area contributed by atoms with Gasteiger partial charge < -0.3 is 45.5 Å². The Morgan fingerprint density at radius 2 is 1.86 bits per heavy atom. The zero-order chi connectivity index (χ0) is 31.1. The molecule has 7 N–H and O–H groups in total. The first-order valence-corrected chi connectivity index (χ1v) is 14.6. The Morgan fingerprint density at radius 3 is 2.53 bits per heavy atom. The van der Waals surface area contributed by atoms with E-state index in [0.29, 0.717) is 36.2 Å². The lowest BCUT2D eigenvalue weighted by Gasteiger charge is -2.60. The van der Waals surface area contributed by atoms with Crippen molar-refractivity contribution in [1.82, 2.24) is 9.97 Å². The number of hydrogen-bond donors (Lipinski definition) is 6. The first-order valence-electron chi connectivity index (χ1n) is 14.6. The molecule has 0 aromatic carbocycles. The molecule has 4 aliphatic rings. The molecule has 5 rings (SSSR count). The van der Waals surface area contributed by atoms with Gasteiger partial charge in [-0.25, -0.2) is 14.8 Å². The lowest BCUT2D eigenvalue weighted by molar-refractivity contribution is -0.329. The summed E-state index contributed by atoms with van der Waals surface area (Å²) in [5.41, 5.74) is 6.53. The maximum absolute atomic E-state index is 12.7. The number of aliphatic hydroxyl groups excluding tert-OH is 5. The molecule has 1 aromatic heterocycles. The van der Waals surface area contributed by atoms with Crippen molar-refractivity contribution in [1.29, 1.82) is 0 Å². The van der Waals surface area contributed by atoms with Crippen molar-refractivity contribution in [3.8, 4) is 0 Å². The second-order valence-corrected chi connectivity index (χ2v) is 12.5. The minimum absolute atomic E-state index is 0.0285. The van der Waals surface area contributed by atoms with Gasteiger partial charge in [0, 0.05) is 29.3 Å². The first kappa shape index (κ1) is 31.5. The number of carbonyl (C=O) groups excluding carboxylic acids is 1. The lowest BCUT2D eigenvalue weighted by atomic mass is 9.46. The molecule has 0 amide bonds. The van der Waals surface area contributed by atoms with Crippen molar-refractivity contribution < 1.29 is 44.5 Å². The van der Waals surface area contributed by atoms with E-state index in [1.165, 1.54) is 12.4 Å². The zero-order valence-electron chi connectivity index (χ0n) is 24.4. The largest absolute Gasteiger partial charge is 0.423 e. The Balaban J connectivity index is 1.36. The number of aliphatic hydroxyl groups is 5. The minimum atomic E-state index is -1.55. The second kappa shape index (κ2) is 12.2. The predicted octanol–water partition coefficient (Wildman–Crippen LogP) is 1.01. The van der Waals surface area contributed by atoms with Gasteiger partial charge in [0.1, 0.15) is 30.2 Å². The Kier molecular flexibility index (Phi) is 8.92.